The maximum atomic E-state index is 11.8. The van der Waals surface area contributed by atoms with Crippen LogP contribution < -0.4 is 16.4 Å². The quantitative estimate of drug-likeness (QED) is 0.691. The van der Waals surface area contributed by atoms with Crippen LogP contribution in [0.3, 0.4) is 0 Å². The van der Waals surface area contributed by atoms with Crippen molar-refractivity contribution < 1.29 is 4.79 Å². The minimum Gasteiger partial charge on any atom is -0.384 e. The summed E-state index contributed by atoms with van der Waals surface area (Å²) in [6.07, 6.45) is 6.05. The van der Waals surface area contributed by atoms with Gasteiger partial charge < -0.3 is 16.4 Å². The van der Waals surface area contributed by atoms with Gasteiger partial charge in [-0.1, -0.05) is 0 Å². The topological polar surface area (TPSA) is 67.1 Å². The van der Waals surface area contributed by atoms with E-state index in [4.69, 9.17) is 5.73 Å². The third-order valence-corrected chi connectivity index (χ3v) is 4.97. The van der Waals surface area contributed by atoms with Crippen molar-refractivity contribution in [1.29, 1.82) is 0 Å². The number of hydrogen-bond acceptors (Lipinski definition) is 3. The maximum absolute atomic E-state index is 11.8. The Morgan fingerprint density at radius 2 is 2.09 bits per heavy atom. The minimum atomic E-state index is -0.346. The fraction of sp³-hybridized carbons (Fsp3) is 0.611. The fourth-order valence-electron chi connectivity index (χ4n) is 2.81. The van der Waals surface area contributed by atoms with Crippen LogP contribution >= 0.6 is 0 Å². The van der Waals surface area contributed by atoms with Gasteiger partial charge in [-0.15, -0.1) is 0 Å². The number of nitrogens with two attached hydrogens (primary N) is 1. The van der Waals surface area contributed by atoms with Crippen molar-refractivity contribution >= 4 is 11.6 Å². The molecule has 120 valence electrons. The summed E-state index contributed by atoms with van der Waals surface area (Å²) in [5.74, 6) is 0.422. The lowest BCUT2D eigenvalue weighted by atomic mass is 9.99. The van der Waals surface area contributed by atoms with Crippen molar-refractivity contribution in [1.82, 2.24) is 5.32 Å². The molecule has 4 heteroatoms. The number of carbonyl (C=O) groups is 1. The zero-order valence-electron chi connectivity index (χ0n) is 13.7. The van der Waals surface area contributed by atoms with Crippen molar-refractivity contribution in [2.24, 2.45) is 11.7 Å². The molecule has 0 radical (unpaired) electrons. The van der Waals surface area contributed by atoms with Crippen molar-refractivity contribution in [3.05, 3.63) is 28.8 Å². The van der Waals surface area contributed by atoms with E-state index in [1.54, 1.807) is 0 Å². The Morgan fingerprint density at radius 1 is 1.36 bits per heavy atom. The van der Waals surface area contributed by atoms with Gasteiger partial charge in [-0.3, -0.25) is 4.79 Å². The number of carbonyl (C=O) groups excluding carboxylic acids is 1. The van der Waals surface area contributed by atoms with Gasteiger partial charge in [0.1, 0.15) is 0 Å². The summed E-state index contributed by atoms with van der Waals surface area (Å²) >= 11 is 0. The van der Waals surface area contributed by atoms with Crippen LogP contribution in [0.25, 0.3) is 0 Å². The highest BCUT2D eigenvalue weighted by molar-refractivity contribution is 5.98. The molecule has 2 fully saturated rings. The Kier molecular flexibility index (Phi) is 4.13. The average Bonchev–Trinajstić information content (AvgIpc) is 3.36. The van der Waals surface area contributed by atoms with Gasteiger partial charge >= 0.3 is 0 Å². The van der Waals surface area contributed by atoms with Crippen LogP contribution in [0.5, 0.6) is 0 Å². The first kappa shape index (κ1) is 15.3. The highest BCUT2D eigenvalue weighted by Crippen LogP contribution is 2.34. The second kappa shape index (κ2) is 5.92. The minimum absolute atomic E-state index is 0.346. The molecule has 0 bridgehead atoms. The highest BCUT2D eigenvalue weighted by Gasteiger charge is 2.36. The van der Waals surface area contributed by atoms with E-state index >= 15 is 0 Å². The number of benzene rings is 1. The third-order valence-electron chi connectivity index (χ3n) is 4.97. The molecular formula is C18H27N3O. The average molecular weight is 301 g/mol. The molecule has 0 aromatic heterocycles. The molecule has 22 heavy (non-hydrogen) atoms. The molecule has 1 aromatic carbocycles. The molecule has 0 atom stereocenters. The summed E-state index contributed by atoms with van der Waals surface area (Å²) in [6.45, 7) is 6.27. The molecule has 1 aromatic rings. The van der Waals surface area contributed by atoms with Crippen LogP contribution in [0.15, 0.2) is 12.1 Å². The molecule has 0 saturated heterocycles. The van der Waals surface area contributed by atoms with E-state index in [-0.39, 0.29) is 5.91 Å². The standard InChI is InChI=1S/C18H27N3O/c1-12-9-16(20-11-13-3-4-13)15(17(19)22)10-14(12)5-8-21-18(2)6-7-18/h9-10,13,20-21H,3-8,11H2,1-2H3,(H2,19,22). The Morgan fingerprint density at radius 3 is 2.68 bits per heavy atom. The predicted molar refractivity (Wildman–Crippen MR) is 90.3 cm³/mol. The van der Waals surface area contributed by atoms with Crippen LogP contribution in [0.4, 0.5) is 5.69 Å². The van der Waals surface area contributed by atoms with E-state index in [1.807, 2.05) is 6.07 Å². The van der Waals surface area contributed by atoms with Crippen LogP contribution in [0.2, 0.25) is 0 Å². The van der Waals surface area contributed by atoms with Crippen LogP contribution in [0.1, 0.15) is 54.1 Å². The van der Waals surface area contributed by atoms with Crippen LogP contribution in [-0.2, 0) is 6.42 Å². The Hall–Kier alpha value is -1.55. The molecule has 0 unspecified atom stereocenters. The second-order valence-corrected chi connectivity index (χ2v) is 7.25. The Balaban J connectivity index is 1.68. The molecule has 2 saturated carbocycles. The molecule has 0 spiro atoms. The Bertz CT molecular complexity index is 574. The van der Waals surface area contributed by atoms with Gasteiger partial charge in [0, 0.05) is 17.8 Å². The van der Waals surface area contributed by atoms with E-state index in [0.717, 1.165) is 31.1 Å². The van der Waals surface area contributed by atoms with E-state index in [2.05, 4.69) is 30.5 Å². The van der Waals surface area contributed by atoms with E-state index < -0.39 is 0 Å². The number of nitrogens with one attached hydrogen (secondary N) is 2. The SMILES string of the molecule is Cc1cc(NCC2CC2)c(C(N)=O)cc1CCNC1(C)CC1. The first-order valence-corrected chi connectivity index (χ1v) is 8.39. The summed E-state index contributed by atoms with van der Waals surface area (Å²) in [7, 11) is 0. The fourth-order valence-corrected chi connectivity index (χ4v) is 2.81. The lowest BCUT2D eigenvalue weighted by Crippen LogP contribution is -2.29. The van der Waals surface area contributed by atoms with Crippen molar-refractivity contribution in [3.63, 3.8) is 0 Å². The molecular weight excluding hydrogens is 274 g/mol. The van der Waals surface area contributed by atoms with E-state index in [9.17, 15) is 4.79 Å². The summed E-state index contributed by atoms with van der Waals surface area (Å²) in [6, 6.07) is 4.06. The van der Waals surface area contributed by atoms with E-state index in [0.29, 0.717) is 11.1 Å². The lowest BCUT2D eigenvalue weighted by Gasteiger charge is -2.16. The van der Waals surface area contributed by atoms with Crippen LogP contribution in [0, 0.1) is 12.8 Å². The molecule has 3 rings (SSSR count). The number of anilines is 1. The van der Waals surface area contributed by atoms with Gasteiger partial charge in [0.15, 0.2) is 0 Å². The van der Waals surface area contributed by atoms with E-state index in [1.165, 1.54) is 36.8 Å². The molecule has 2 aliphatic rings. The van der Waals surface area contributed by atoms with Gasteiger partial charge in [-0.25, -0.2) is 0 Å². The van der Waals surface area contributed by atoms with Crippen molar-refractivity contribution in [3.8, 4) is 0 Å². The summed E-state index contributed by atoms with van der Waals surface area (Å²) in [5, 5.41) is 6.99. The van der Waals surface area contributed by atoms with Gasteiger partial charge in [0.2, 0.25) is 0 Å². The highest BCUT2D eigenvalue weighted by atomic mass is 16.1. The number of rotatable bonds is 8. The molecule has 4 nitrogen and oxygen atoms in total. The number of primary amides is 1. The second-order valence-electron chi connectivity index (χ2n) is 7.25. The van der Waals surface area contributed by atoms with Gasteiger partial charge in [0.05, 0.1) is 5.56 Å². The van der Waals surface area contributed by atoms with Gasteiger partial charge in [0.25, 0.3) is 5.91 Å². The number of amides is 1. The molecule has 1 amide bonds. The smallest absolute Gasteiger partial charge is 0.250 e. The lowest BCUT2D eigenvalue weighted by molar-refractivity contribution is 0.100. The Labute approximate surface area is 132 Å². The zero-order chi connectivity index (χ0) is 15.7. The zero-order valence-corrected chi connectivity index (χ0v) is 13.7. The third kappa shape index (κ3) is 3.80. The van der Waals surface area contributed by atoms with Gasteiger partial charge in [-0.2, -0.15) is 0 Å². The number of hydrogen-bond donors (Lipinski definition) is 3. The first-order chi connectivity index (χ1) is 10.5. The monoisotopic (exact) mass is 301 g/mol. The molecule has 2 aliphatic carbocycles. The number of aryl methyl sites for hydroxylation is 1. The predicted octanol–water partition coefficient (Wildman–Crippen LogP) is 2.60. The van der Waals surface area contributed by atoms with Crippen LogP contribution in [-0.4, -0.2) is 24.5 Å². The summed E-state index contributed by atoms with van der Waals surface area (Å²) < 4.78 is 0. The largest absolute Gasteiger partial charge is 0.384 e. The van der Waals surface area contributed by atoms with Gasteiger partial charge in [-0.05, 0) is 81.7 Å². The van der Waals surface area contributed by atoms with Crippen molar-refractivity contribution in [2.75, 3.05) is 18.4 Å². The first-order valence-electron chi connectivity index (χ1n) is 8.39. The maximum Gasteiger partial charge on any atom is 0.250 e. The molecule has 0 heterocycles. The summed E-state index contributed by atoms with van der Waals surface area (Å²) in [4.78, 5) is 11.8. The molecule has 4 N–H and O–H groups in total. The summed E-state index contributed by atoms with van der Waals surface area (Å²) in [5.41, 5.74) is 9.88. The molecule has 0 aliphatic heterocycles. The normalized spacial score (nSPS) is 19.0. The van der Waals surface area contributed by atoms with Crippen molar-refractivity contribution in [2.45, 2.75) is 51.5 Å².